The summed E-state index contributed by atoms with van der Waals surface area (Å²) >= 11 is 0. The molecule has 0 radical (unpaired) electrons. The molecule has 1 rings (SSSR count). The second kappa shape index (κ2) is 3.99. The zero-order chi connectivity index (χ0) is 12.8. The van der Waals surface area contributed by atoms with Crippen molar-refractivity contribution in [3.8, 4) is 0 Å². The highest BCUT2D eigenvalue weighted by Gasteiger charge is 2.48. The van der Waals surface area contributed by atoms with E-state index in [0.717, 1.165) is 12.8 Å². The topological polar surface area (TPSA) is 32.3 Å². The molecule has 0 saturated heterocycles. The molecule has 2 heteroatoms. The van der Waals surface area contributed by atoms with Crippen LogP contribution in [0.15, 0.2) is 0 Å². The van der Waals surface area contributed by atoms with Crippen molar-refractivity contribution in [3.05, 3.63) is 0 Å². The van der Waals surface area contributed by atoms with Crippen molar-refractivity contribution in [1.82, 2.24) is 5.32 Å². The first-order chi connectivity index (χ1) is 6.94. The summed E-state index contributed by atoms with van der Waals surface area (Å²) in [7, 11) is 0. The first-order valence-electron chi connectivity index (χ1n) is 6.40. The number of aliphatic hydroxyl groups excluding tert-OH is 1. The van der Waals surface area contributed by atoms with E-state index >= 15 is 0 Å². The molecule has 96 valence electrons. The fourth-order valence-corrected chi connectivity index (χ4v) is 3.00. The molecular weight excluding hydrogens is 198 g/mol. The predicted molar refractivity (Wildman–Crippen MR) is 69.5 cm³/mol. The molecule has 2 atom stereocenters. The molecule has 0 aromatic rings. The van der Waals surface area contributed by atoms with E-state index in [2.05, 4.69) is 53.8 Å². The molecule has 0 aromatic heterocycles. The number of hydrogen-bond donors (Lipinski definition) is 2. The average molecular weight is 227 g/mol. The lowest BCUT2D eigenvalue weighted by atomic mass is 9.63. The van der Waals surface area contributed by atoms with E-state index < -0.39 is 0 Å². The summed E-state index contributed by atoms with van der Waals surface area (Å²) in [6.07, 6.45) is 1.89. The first kappa shape index (κ1) is 14.0. The monoisotopic (exact) mass is 227 g/mol. The molecule has 0 spiro atoms. The van der Waals surface area contributed by atoms with Crippen LogP contribution in [0.5, 0.6) is 0 Å². The van der Waals surface area contributed by atoms with Crippen LogP contribution in [-0.4, -0.2) is 22.8 Å². The maximum atomic E-state index is 9.74. The Morgan fingerprint density at radius 3 is 2.00 bits per heavy atom. The van der Waals surface area contributed by atoms with Crippen molar-refractivity contribution in [1.29, 1.82) is 0 Å². The lowest BCUT2D eigenvalue weighted by Crippen LogP contribution is -2.64. The quantitative estimate of drug-likeness (QED) is 0.777. The molecule has 1 saturated carbocycles. The molecule has 0 bridgehead atoms. The van der Waals surface area contributed by atoms with Crippen molar-refractivity contribution in [2.24, 2.45) is 10.8 Å². The Bertz CT molecular complexity index is 250. The maximum absolute atomic E-state index is 9.74. The Balaban J connectivity index is 2.55. The van der Waals surface area contributed by atoms with Crippen LogP contribution < -0.4 is 5.32 Å². The summed E-state index contributed by atoms with van der Waals surface area (Å²) < 4.78 is 0. The Labute approximate surface area is 101 Å². The molecule has 0 aliphatic heterocycles. The average Bonchev–Trinajstić information content (AvgIpc) is 1.98. The van der Waals surface area contributed by atoms with E-state index in [1.165, 1.54) is 0 Å². The van der Waals surface area contributed by atoms with Crippen LogP contribution in [0.3, 0.4) is 0 Å². The third kappa shape index (κ3) is 3.21. The van der Waals surface area contributed by atoms with Crippen LogP contribution in [0.4, 0.5) is 0 Å². The van der Waals surface area contributed by atoms with Crippen molar-refractivity contribution in [2.75, 3.05) is 0 Å². The van der Waals surface area contributed by atoms with E-state index in [1.807, 2.05) is 0 Å². The van der Waals surface area contributed by atoms with Crippen molar-refractivity contribution >= 4 is 0 Å². The molecule has 16 heavy (non-hydrogen) atoms. The maximum Gasteiger partial charge on any atom is 0.0621 e. The predicted octanol–water partition coefficient (Wildman–Crippen LogP) is 2.95. The van der Waals surface area contributed by atoms with Crippen molar-refractivity contribution in [2.45, 2.75) is 79.0 Å². The number of nitrogens with one attached hydrogen (secondary N) is 1. The zero-order valence-electron chi connectivity index (χ0n) is 12.0. The molecular formula is C14H29NO. The number of rotatable bonds is 3. The lowest BCUT2D eigenvalue weighted by molar-refractivity contribution is -0.0822. The standard InChI is InChI=1S/C14H29NO/c1-12(2,3)9-13(4,5)15-10-8-11(16)14(10,6)7/h10-11,15-16H,8-9H2,1-7H3. The first-order valence-corrected chi connectivity index (χ1v) is 6.40. The van der Waals surface area contributed by atoms with Gasteiger partial charge >= 0.3 is 0 Å². The van der Waals surface area contributed by atoms with Crippen LogP contribution in [0, 0.1) is 10.8 Å². The van der Waals surface area contributed by atoms with Gasteiger partial charge in [-0.15, -0.1) is 0 Å². The molecule has 1 aliphatic rings. The Morgan fingerprint density at radius 1 is 1.19 bits per heavy atom. The second-order valence-electron chi connectivity index (χ2n) is 7.89. The Hall–Kier alpha value is -0.0800. The summed E-state index contributed by atoms with van der Waals surface area (Å²) in [4.78, 5) is 0. The van der Waals surface area contributed by atoms with Crippen molar-refractivity contribution in [3.63, 3.8) is 0 Å². The highest BCUT2D eigenvalue weighted by molar-refractivity contribution is 5.04. The number of aliphatic hydroxyl groups is 1. The normalized spacial score (nSPS) is 30.0. The molecule has 2 nitrogen and oxygen atoms in total. The molecule has 0 aromatic carbocycles. The summed E-state index contributed by atoms with van der Waals surface area (Å²) in [5.41, 5.74) is 0.498. The van der Waals surface area contributed by atoms with Crippen LogP contribution in [0.25, 0.3) is 0 Å². The largest absolute Gasteiger partial charge is 0.392 e. The van der Waals surface area contributed by atoms with E-state index in [9.17, 15) is 5.11 Å². The zero-order valence-corrected chi connectivity index (χ0v) is 12.0. The van der Waals surface area contributed by atoms with Crippen LogP contribution in [-0.2, 0) is 0 Å². The highest BCUT2D eigenvalue weighted by atomic mass is 16.3. The van der Waals surface area contributed by atoms with Crippen LogP contribution in [0.2, 0.25) is 0 Å². The minimum atomic E-state index is -0.143. The van der Waals surface area contributed by atoms with E-state index in [4.69, 9.17) is 0 Å². The minimum Gasteiger partial charge on any atom is -0.392 e. The second-order valence-corrected chi connectivity index (χ2v) is 7.89. The van der Waals surface area contributed by atoms with Crippen molar-refractivity contribution < 1.29 is 5.11 Å². The lowest BCUT2D eigenvalue weighted by Gasteiger charge is -2.53. The van der Waals surface area contributed by atoms with Crippen LogP contribution >= 0.6 is 0 Å². The van der Waals surface area contributed by atoms with Gasteiger partial charge in [0.15, 0.2) is 0 Å². The Kier molecular flexibility index (Phi) is 3.49. The van der Waals surface area contributed by atoms with E-state index in [1.54, 1.807) is 0 Å². The summed E-state index contributed by atoms with van der Waals surface area (Å²) in [5.74, 6) is 0. The van der Waals surface area contributed by atoms with Crippen LogP contribution in [0.1, 0.15) is 61.3 Å². The molecule has 0 heterocycles. The van der Waals surface area contributed by atoms with Gasteiger partial charge in [0.05, 0.1) is 6.10 Å². The van der Waals surface area contributed by atoms with Gasteiger partial charge in [-0.3, -0.25) is 0 Å². The van der Waals surface area contributed by atoms with Gasteiger partial charge in [0.2, 0.25) is 0 Å². The van der Waals surface area contributed by atoms with Gasteiger partial charge in [0.25, 0.3) is 0 Å². The fourth-order valence-electron chi connectivity index (χ4n) is 3.00. The van der Waals surface area contributed by atoms with Gasteiger partial charge in [-0.2, -0.15) is 0 Å². The van der Waals surface area contributed by atoms with Gasteiger partial charge in [0, 0.05) is 17.0 Å². The molecule has 2 unspecified atom stereocenters. The Morgan fingerprint density at radius 2 is 1.69 bits per heavy atom. The third-order valence-electron chi connectivity index (χ3n) is 3.75. The molecule has 2 N–H and O–H groups in total. The summed E-state index contributed by atoms with van der Waals surface area (Å²) in [5, 5.41) is 13.4. The third-order valence-corrected chi connectivity index (χ3v) is 3.75. The van der Waals surface area contributed by atoms with E-state index in [-0.39, 0.29) is 17.1 Å². The van der Waals surface area contributed by atoms with Gasteiger partial charge in [-0.05, 0) is 32.1 Å². The van der Waals surface area contributed by atoms with E-state index in [0.29, 0.717) is 11.5 Å². The smallest absolute Gasteiger partial charge is 0.0621 e. The van der Waals surface area contributed by atoms with Gasteiger partial charge in [0.1, 0.15) is 0 Å². The molecule has 1 fully saturated rings. The SMILES string of the molecule is CC(C)(C)CC(C)(C)NC1CC(O)C1(C)C. The molecule has 0 amide bonds. The molecule has 1 aliphatic carbocycles. The van der Waals surface area contributed by atoms with Gasteiger partial charge < -0.3 is 10.4 Å². The summed E-state index contributed by atoms with van der Waals surface area (Å²) in [6.45, 7) is 15.6. The minimum absolute atomic E-state index is 0.0230. The van der Waals surface area contributed by atoms with Gasteiger partial charge in [-0.25, -0.2) is 0 Å². The van der Waals surface area contributed by atoms with Gasteiger partial charge in [-0.1, -0.05) is 34.6 Å². The number of hydrogen-bond acceptors (Lipinski definition) is 2. The highest BCUT2D eigenvalue weighted by Crippen LogP contribution is 2.42. The summed E-state index contributed by atoms with van der Waals surface area (Å²) in [6, 6.07) is 0.444. The fraction of sp³-hybridized carbons (Fsp3) is 1.00.